The molecule has 0 spiro atoms. The smallest absolute Gasteiger partial charge is 0.295 e. The molecule has 5 nitrogen and oxygen atoms in total. The van der Waals surface area contributed by atoms with Crippen molar-refractivity contribution in [2.24, 2.45) is 14.1 Å². The van der Waals surface area contributed by atoms with E-state index in [9.17, 15) is 4.79 Å². The van der Waals surface area contributed by atoms with Gasteiger partial charge in [0.05, 0.1) is 22.4 Å². The van der Waals surface area contributed by atoms with Gasteiger partial charge in [0.1, 0.15) is 0 Å². The minimum Gasteiger partial charge on any atom is -0.295 e. The van der Waals surface area contributed by atoms with E-state index in [0.717, 1.165) is 55.8 Å². The zero-order valence-corrected chi connectivity index (χ0v) is 31.0. The van der Waals surface area contributed by atoms with Crippen LogP contribution in [0.1, 0.15) is 0 Å². The van der Waals surface area contributed by atoms with Crippen molar-refractivity contribution in [1.29, 1.82) is 0 Å². The second kappa shape index (κ2) is 13.5. The lowest BCUT2D eigenvalue weighted by Crippen LogP contribution is -2.19. The molecule has 5 heteroatoms. The summed E-state index contributed by atoms with van der Waals surface area (Å²) in [6.45, 7) is 0. The maximum Gasteiger partial charge on any atom is 0.328 e. The average molecular weight is 721 g/mol. The Labute approximate surface area is 324 Å². The molecule has 0 bridgehead atoms. The highest BCUT2D eigenvalue weighted by Gasteiger charge is 2.18. The SMILES string of the molecule is Cn1c(=O)n(C)c2cc(-c3ccccc3-c3cc(-c4ccc(-c5c6ccccc6c(-c6ccccc6)c6ccccc56)cc4)nc(-c4ccccc4)n3)ccc21. The lowest BCUT2D eigenvalue weighted by Gasteiger charge is -2.18. The van der Waals surface area contributed by atoms with E-state index in [1.165, 1.54) is 38.2 Å². The van der Waals surface area contributed by atoms with Crippen molar-refractivity contribution in [3.8, 4) is 67.3 Å². The Morgan fingerprint density at radius 2 is 0.821 bits per heavy atom. The minimum absolute atomic E-state index is 0.0463. The molecule has 8 aromatic carbocycles. The second-order valence-electron chi connectivity index (χ2n) is 14.3. The topological polar surface area (TPSA) is 52.7 Å². The molecule has 10 rings (SSSR count). The molecule has 2 aromatic heterocycles. The Morgan fingerprint density at radius 1 is 0.375 bits per heavy atom. The zero-order chi connectivity index (χ0) is 37.8. The summed E-state index contributed by atoms with van der Waals surface area (Å²) in [6.07, 6.45) is 0. The van der Waals surface area contributed by atoms with Crippen molar-refractivity contribution in [2.75, 3.05) is 0 Å². The molecular weight excluding hydrogens is 685 g/mol. The Bertz CT molecular complexity index is 3100. The van der Waals surface area contributed by atoms with E-state index >= 15 is 0 Å². The van der Waals surface area contributed by atoms with Crippen LogP contribution in [0.3, 0.4) is 0 Å². The zero-order valence-electron chi connectivity index (χ0n) is 31.0. The number of imidazole rings is 1. The van der Waals surface area contributed by atoms with E-state index in [1.54, 1.807) is 9.13 Å². The van der Waals surface area contributed by atoms with Crippen LogP contribution in [-0.2, 0) is 14.1 Å². The predicted molar refractivity (Wildman–Crippen MR) is 231 cm³/mol. The van der Waals surface area contributed by atoms with Crippen LogP contribution >= 0.6 is 0 Å². The van der Waals surface area contributed by atoms with E-state index < -0.39 is 0 Å². The number of fused-ring (bicyclic) bond motifs is 3. The van der Waals surface area contributed by atoms with Crippen molar-refractivity contribution in [3.05, 3.63) is 192 Å². The van der Waals surface area contributed by atoms with Crippen LogP contribution in [0, 0.1) is 0 Å². The summed E-state index contributed by atoms with van der Waals surface area (Å²) < 4.78 is 3.38. The van der Waals surface area contributed by atoms with Crippen LogP contribution in [-0.4, -0.2) is 19.1 Å². The monoisotopic (exact) mass is 720 g/mol. The molecule has 2 heterocycles. The van der Waals surface area contributed by atoms with Gasteiger partial charge in [0.15, 0.2) is 5.82 Å². The van der Waals surface area contributed by atoms with Gasteiger partial charge in [0.25, 0.3) is 0 Å². The van der Waals surface area contributed by atoms with Gasteiger partial charge in [-0.05, 0) is 73.1 Å². The van der Waals surface area contributed by atoms with Gasteiger partial charge in [-0.3, -0.25) is 9.13 Å². The van der Waals surface area contributed by atoms with Gasteiger partial charge in [-0.1, -0.05) is 164 Å². The van der Waals surface area contributed by atoms with Crippen molar-refractivity contribution >= 4 is 32.6 Å². The third kappa shape index (κ3) is 5.52. The third-order valence-corrected chi connectivity index (χ3v) is 11.0. The number of hydrogen-bond acceptors (Lipinski definition) is 3. The first-order valence-corrected chi connectivity index (χ1v) is 18.8. The van der Waals surface area contributed by atoms with E-state index in [2.05, 4.69) is 146 Å². The van der Waals surface area contributed by atoms with Crippen molar-refractivity contribution in [2.45, 2.75) is 0 Å². The van der Waals surface area contributed by atoms with Crippen LogP contribution in [0.2, 0.25) is 0 Å². The number of aromatic nitrogens is 4. The molecular formula is C51H36N4O. The molecule has 0 saturated carbocycles. The van der Waals surface area contributed by atoms with Gasteiger partial charge < -0.3 is 0 Å². The summed E-state index contributed by atoms with van der Waals surface area (Å²) >= 11 is 0. The molecule has 266 valence electrons. The second-order valence-corrected chi connectivity index (χ2v) is 14.3. The van der Waals surface area contributed by atoms with Gasteiger partial charge in [0.2, 0.25) is 0 Å². The standard InChI is InChI=1S/C51H36N4O/c1-54-46-30-29-37(31-47(46)55(2)51(54)56)38-19-9-10-20-39(38)45-32-44(52-50(53-45)36-17-7-4-8-18-36)33-25-27-35(28-26-33)49-42-23-13-11-21-40(42)48(34-15-5-3-6-16-34)41-22-12-14-24-43(41)49/h3-32H,1-2H3. The first-order chi connectivity index (χ1) is 27.5. The maximum atomic E-state index is 12.8. The maximum absolute atomic E-state index is 12.8. The first kappa shape index (κ1) is 33.2. The lowest BCUT2D eigenvalue weighted by atomic mass is 9.86. The molecule has 0 aliphatic rings. The van der Waals surface area contributed by atoms with E-state index in [1.807, 2.05) is 50.5 Å². The van der Waals surface area contributed by atoms with Crippen LogP contribution in [0.15, 0.2) is 187 Å². The number of nitrogens with zero attached hydrogens (tertiary/aromatic N) is 4. The Balaban J connectivity index is 1.12. The van der Waals surface area contributed by atoms with Crippen molar-refractivity contribution < 1.29 is 0 Å². The summed E-state index contributed by atoms with van der Waals surface area (Å²) in [6, 6.07) is 63.8. The highest BCUT2D eigenvalue weighted by molar-refractivity contribution is 6.21. The molecule has 0 aliphatic heterocycles. The minimum atomic E-state index is -0.0463. The number of aryl methyl sites for hydroxylation is 2. The Hall–Kier alpha value is -7.37. The van der Waals surface area contributed by atoms with Crippen LogP contribution in [0.4, 0.5) is 0 Å². The summed E-state index contributed by atoms with van der Waals surface area (Å²) in [5.74, 6) is 0.659. The fourth-order valence-electron chi connectivity index (χ4n) is 8.24. The summed E-state index contributed by atoms with van der Waals surface area (Å²) in [4.78, 5) is 23.1. The molecule has 0 radical (unpaired) electrons. The average Bonchev–Trinajstić information content (AvgIpc) is 3.48. The van der Waals surface area contributed by atoms with Gasteiger partial charge in [0, 0.05) is 30.8 Å². The molecule has 10 aromatic rings. The van der Waals surface area contributed by atoms with Gasteiger partial charge in [-0.25, -0.2) is 14.8 Å². The van der Waals surface area contributed by atoms with E-state index in [4.69, 9.17) is 9.97 Å². The highest BCUT2D eigenvalue weighted by Crippen LogP contribution is 2.44. The number of rotatable bonds is 6. The number of hydrogen-bond donors (Lipinski definition) is 0. The number of benzene rings is 8. The van der Waals surface area contributed by atoms with Crippen molar-refractivity contribution in [1.82, 2.24) is 19.1 Å². The van der Waals surface area contributed by atoms with Gasteiger partial charge >= 0.3 is 5.69 Å². The molecule has 0 fully saturated rings. The van der Waals surface area contributed by atoms with Gasteiger partial charge in [-0.15, -0.1) is 0 Å². The lowest BCUT2D eigenvalue weighted by molar-refractivity contribution is 0.795. The Kier molecular flexibility index (Phi) is 8.00. The molecule has 0 amide bonds. The Morgan fingerprint density at radius 3 is 1.43 bits per heavy atom. The molecule has 0 N–H and O–H groups in total. The summed E-state index contributed by atoms with van der Waals surface area (Å²) in [7, 11) is 3.63. The predicted octanol–water partition coefficient (Wildman–Crippen LogP) is 12.0. The van der Waals surface area contributed by atoms with Crippen molar-refractivity contribution in [3.63, 3.8) is 0 Å². The fourth-order valence-corrected chi connectivity index (χ4v) is 8.24. The largest absolute Gasteiger partial charge is 0.328 e. The molecule has 0 unspecified atom stereocenters. The van der Waals surface area contributed by atoms with Crippen LogP contribution in [0.5, 0.6) is 0 Å². The van der Waals surface area contributed by atoms with E-state index in [0.29, 0.717) is 5.82 Å². The van der Waals surface area contributed by atoms with Crippen LogP contribution < -0.4 is 5.69 Å². The molecule has 0 atom stereocenters. The summed E-state index contributed by atoms with van der Waals surface area (Å²) in [5.41, 5.74) is 13.2. The molecule has 0 aliphatic carbocycles. The van der Waals surface area contributed by atoms with Gasteiger partial charge in [-0.2, -0.15) is 0 Å². The molecule has 0 saturated heterocycles. The summed E-state index contributed by atoms with van der Waals surface area (Å²) in [5, 5.41) is 4.91. The quantitative estimate of drug-likeness (QED) is 0.161. The highest BCUT2D eigenvalue weighted by atomic mass is 16.1. The van der Waals surface area contributed by atoms with E-state index in [-0.39, 0.29) is 5.69 Å². The third-order valence-electron chi connectivity index (χ3n) is 11.0. The molecule has 56 heavy (non-hydrogen) atoms. The van der Waals surface area contributed by atoms with Crippen LogP contribution in [0.25, 0.3) is 99.9 Å². The first-order valence-electron chi connectivity index (χ1n) is 18.8. The normalized spacial score (nSPS) is 11.5. The fraction of sp³-hybridized carbons (Fsp3) is 0.0392.